The summed E-state index contributed by atoms with van der Waals surface area (Å²) in [6.45, 7) is 1.93. The molecule has 0 fully saturated rings. The van der Waals surface area contributed by atoms with Crippen molar-refractivity contribution in [3.63, 3.8) is 0 Å². The summed E-state index contributed by atoms with van der Waals surface area (Å²) in [7, 11) is 0. The van der Waals surface area contributed by atoms with Gasteiger partial charge in [0.05, 0.1) is 4.88 Å². The summed E-state index contributed by atoms with van der Waals surface area (Å²) >= 11 is 1.44. The van der Waals surface area contributed by atoms with Gasteiger partial charge in [-0.3, -0.25) is 15.2 Å². The third-order valence-electron chi connectivity index (χ3n) is 3.70. The zero-order chi connectivity index (χ0) is 17.2. The lowest BCUT2D eigenvalue weighted by Gasteiger charge is -2.03. The van der Waals surface area contributed by atoms with Crippen molar-refractivity contribution in [1.82, 2.24) is 20.6 Å². The first-order valence-electron chi connectivity index (χ1n) is 7.51. The predicted molar refractivity (Wildman–Crippen MR) is 95.2 cm³/mol. The van der Waals surface area contributed by atoms with Crippen LogP contribution in [0, 0.1) is 6.92 Å². The van der Waals surface area contributed by atoms with E-state index in [-0.39, 0.29) is 11.9 Å². The number of rotatable bonds is 4. The van der Waals surface area contributed by atoms with Crippen LogP contribution in [0.4, 0.5) is 6.01 Å². The number of nitrogens with zero attached hydrogens (tertiary/aromatic N) is 3. The molecule has 0 atom stereocenters. The number of anilines is 1. The molecule has 0 saturated heterocycles. The van der Waals surface area contributed by atoms with E-state index in [0.717, 1.165) is 21.2 Å². The smallest absolute Gasteiger partial charge is 0.313 e. The van der Waals surface area contributed by atoms with E-state index in [1.54, 1.807) is 24.5 Å². The van der Waals surface area contributed by atoms with E-state index in [9.17, 15) is 4.79 Å². The molecule has 0 aliphatic rings. The van der Waals surface area contributed by atoms with Gasteiger partial charge in [0.2, 0.25) is 5.82 Å². The van der Waals surface area contributed by atoms with Crippen LogP contribution in [-0.2, 0) is 0 Å². The lowest BCUT2D eigenvalue weighted by Crippen LogP contribution is -2.29. The van der Waals surface area contributed by atoms with Crippen LogP contribution in [0.2, 0.25) is 0 Å². The Bertz CT molecular complexity index is 1040. The van der Waals surface area contributed by atoms with Crippen LogP contribution in [0.1, 0.15) is 15.2 Å². The number of aryl methyl sites for hydroxylation is 1. The fraction of sp³-hybridized carbons (Fsp3) is 0.0588. The Morgan fingerprint density at radius 1 is 1.16 bits per heavy atom. The Hall–Kier alpha value is -3.26. The van der Waals surface area contributed by atoms with E-state index in [0.29, 0.717) is 10.7 Å². The Balaban J connectivity index is 1.48. The van der Waals surface area contributed by atoms with Crippen molar-refractivity contribution in [1.29, 1.82) is 0 Å². The van der Waals surface area contributed by atoms with Gasteiger partial charge in [-0.15, -0.1) is 11.3 Å². The van der Waals surface area contributed by atoms with Gasteiger partial charge in [0, 0.05) is 22.7 Å². The fourth-order valence-electron chi connectivity index (χ4n) is 2.45. The number of pyridine rings is 1. The van der Waals surface area contributed by atoms with Crippen LogP contribution >= 0.6 is 11.3 Å². The SMILES string of the molecule is Cc1c(C(=O)NNc2nc(-c3ccncc3)no2)sc2ccccc12. The Labute approximate surface area is 146 Å². The molecular weight excluding hydrogens is 338 g/mol. The molecule has 25 heavy (non-hydrogen) atoms. The summed E-state index contributed by atoms with van der Waals surface area (Å²) in [6, 6.07) is 11.6. The minimum absolute atomic E-state index is 0.110. The fourth-order valence-corrected chi connectivity index (χ4v) is 3.55. The monoisotopic (exact) mass is 351 g/mol. The Morgan fingerprint density at radius 2 is 1.96 bits per heavy atom. The number of nitrogens with one attached hydrogen (secondary N) is 2. The minimum Gasteiger partial charge on any atom is -0.313 e. The van der Waals surface area contributed by atoms with Gasteiger partial charge in [-0.25, -0.2) is 5.43 Å². The zero-order valence-corrected chi connectivity index (χ0v) is 14.0. The maximum atomic E-state index is 12.4. The first kappa shape index (κ1) is 15.3. The van der Waals surface area contributed by atoms with Gasteiger partial charge < -0.3 is 4.52 Å². The highest BCUT2D eigenvalue weighted by atomic mass is 32.1. The van der Waals surface area contributed by atoms with Crippen molar-refractivity contribution in [2.75, 3.05) is 5.43 Å². The van der Waals surface area contributed by atoms with Gasteiger partial charge in [0.15, 0.2) is 0 Å². The van der Waals surface area contributed by atoms with E-state index < -0.39 is 0 Å². The summed E-state index contributed by atoms with van der Waals surface area (Å²) in [5.41, 5.74) is 6.97. The van der Waals surface area contributed by atoms with Crippen molar-refractivity contribution < 1.29 is 9.32 Å². The number of carbonyl (C=O) groups excluding carboxylic acids is 1. The number of hydrogen-bond acceptors (Lipinski definition) is 7. The molecule has 4 rings (SSSR count). The van der Waals surface area contributed by atoms with Crippen molar-refractivity contribution >= 4 is 33.3 Å². The number of benzene rings is 1. The molecule has 3 aromatic heterocycles. The maximum absolute atomic E-state index is 12.4. The topological polar surface area (TPSA) is 92.9 Å². The first-order chi connectivity index (χ1) is 12.2. The number of carbonyl (C=O) groups is 1. The van der Waals surface area contributed by atoms with E-state index in [1.807, 2.05) is 31.2 Å². The van der Waals surface area contributed by atoms with E-state index in [1.165, 1.54) is 11.3 Å². The summed E-state index contributed by atoms with van der Waals surface area (Å²) in [5, 5.41) is 4.94. The average Bonchev–Trinajstić information content (AvgIpc) is 3.26. The van der Waals surface area contributed by atoms with E-state index >= 15 is 0 Å². The molecule has 124 valence electrons. The molecule has 0 spiro atoms. The third kappa shape index (κ3) is 2.94. The van der Waals surface area contributed by atoms with Gasteiger partial charge in [0.1, 0.15) is 0 Å². The first-order valence-corrected chi connectivity index (χ1v) is 8.32. The van der Waals surface area contributed by atoms with Gasteiger partial charge >= 0.3 is 6.01 Å². The van der Waals surface area contributed by atoms with Crippen LogP contribution in [-0.4, -0.2) is 21.0 Å². The molecule has 1 amide bonds. The van der Waals surface area contributed by atoms with Crippen LogP contribution in [0.15, 0.2) is 53.3 Å². The molecule has 0 bridgehead atoms. The summed E-state index contributed by atoms with van der Waals surface area (Å²) < 4.78 is 6.16. The molecular formula is C17H13N5O2S. The van der Waals surface area contributed by atoms with Crippen molar-refractivity contribution in [2.45, 2.75) is 6.92 Å². The normalized spacial score (nSPS) is 10.8. The molecule has 0 unspecified atom stereocenters. The molecule has 2 N–H and O–H groups in total. The second-order valence-corrected chi connectivity index (χ2v) is 6.34. The number of aromatic nitrogens is 3. The van der Waals surface area contributed by atoms with Crippen molar-refractivity contribution in [3.05, 3.63) is 59.2 Å². The Morgan fingerprint density at radius 3 is 2.76 bits per heavy atom. The molecule has 0 radical (unpaired) electrons. The van der Waals surface area contributed by atoms with E-state index in [2.05, 4.69) is 26.0 Å². The quantitative estimate of drug-likeness (QED) is 0.547. The number of thiophene rings is 1. The number of hydrogen-bond donors (Lipinski definition) is 2. The molecule has 4 aromatic rings. The highest BCUT2D eigenvalue weighted by molar-refractivity contribution is 7.21. The maximum Gasteiger partial charge on any atom is 0.340 e. The van der Waals surface area contributed by atoms with Crippen LogP contribution in [0.25, 0.3) is 21.5 Å². The second-order valence-electron chi connectivity index (χ2n) is 5.29. The summed E-state index contributed by atoms with van der Waals surface area (Å²) in [6.07, 6.45) is 3.29. The summed E-state index contributed by atoms with van der Waals surface area (Å²) in [5.74, 6) is 0.166. The van der Waals surface area contributed by atoms with Gasteiger partial charge in [-0.1, -0.05) is 23.4 Å². The van der Waals surface area contributed by atoms with Gasteiger partial charge in [-0.05, 0) is 36.1 Å². The van der Waals surface area contributed by atoms with Crippen LogP contribution in [0.3, 0.4) is 0 Å². The average molecular weight is 351 g/mol. The minimum atomic E-state index is -0.248. The predicted octanol–water partition coefficient (Wildman–Crippen LogP) is 3.41. The number of fused-ring (bicyclic) bond motifs is 1. The third-order valence-corrected chi connectivity index (χ3v) is 4.97. The van der Waals surface area contributed by atoms with Crippen LogP contribution in [0.5, 0.6) is 0 Å². The zero-order valence-electron chi connectivity index (χ0n) is 13.2. The largest absolute Gasteiger partial charge is 0.340 e. The summed E-state index contributed by atoms with van der Waals surface area (Å²) in [4.78, 5) is 21.2. The lowest BCUT2D eigenvalue weighted by molar-refractivity contribution is 0.0964. The molecule has 1 aromatic carbocycles. The highest BCUT2D eigenvalue weighted by Crippen LogP contribution is 2.30. The standard InChI is InChI=1S/C17H13N5O2S/c1-10-12-4-2-3-5-13(12)25-14(10)16(23)20-21-17-19-15(22-24-17)11-6-8-18-9-7-11/h2-9H,1H3,(H,20,23)(H,19,21,22). The van der Waals surface area contributed by atoms with E-state index in [4.69, 9.17) is 4.52 Å². The molecule has 0 aliphatic carbocycles. The van der Waals surface area contributed by atoms with Gasteiger partial charge in [-0.2, -0.15) is 4.98 Å². The van der Waals surface area contributed by atoms with Crippen molar-refractivity contribution in [3.8, 4) is 11.4 Å². The van der Waals surface area contributed by atoms with Crippen molar-refractivity contribution in [2.24, 2.45) is 0 Å². The number of hydrazine groups is 1. The Kier molecular flexibility index (Phi) is 3.87. The second kappa shape index (κ2) is 6.33. The van der Waals surface area contributed by atoms with Gasteiger partial charge in [0.25, 0.3) is 5.91 Å². The highest BCUT2D eigenvalue weighted by Gasteiger charge is 2.16. The molecule has 3 heterocycles. The number of amides is 1. The lowest BCUT2D eigenvalue weighted by atomic mass is 10.1. The molecule has 7 nitrogen and oxygen atoms in total. The molecule has 8 heteroatoms. The molecule has 0 aliphatic heterocycles. The van der Waals surface area contributed by atoms with Crippen LogP contribution < -0.4 is 10.9 Å². The molecule has 0 saturated carbocycles.